The van der Waals surface area contributed by atoms with E-state index in [4.69, 9.17) is 9.47 Å². The second-order valence-corrected chi connectivity index (χ2v) is 5.46. The number of esters is 1. The zero-order chi connectivity index (χ0) is 14.5. The third-order valence-electron chi connectivity index (χ3n) is 3.44. The van der Waals surface area contributed by atoms with Crippen molar-refractivity contribution in [3.63, 3.8) is 0 Å². The Labute approximate surface area is 119 Å². The van der Waals surface area contributed by atoms with Crippen LogP contribution in [0.5, 0.6) is 5.88 Å². The number of hydrogen-bond donors (Lipinski definition) is 1. The van der Waals surface area contributed by atoms with E-state index in [2.05, 4.69) is 10.3 Å². The maximum Gasteiger partial charge on any atom is 0.308 e. The Balaban J connectivity index is 1.77. The van der Waals surface area contributed by atoms with Gasteiger partial charge in [-0.3, -0.25) is 4.79 Å². The Hall–Kier alpha value is -1.62. The van der Waals surface area contributed by atoms with Crippen LogP contribution in [0.2, 0.25) is 0 Å². The second kappa shape index (κ2) is 6.70. The summed E-state index contributed by atoms with van der Waals surface area (Å²) in [5, 5.41) is 3.21. The molecule has 0 spiro atoms. The molecule has 1 aromatic rings. The third-order valence-corrected chi connectivity index (χ3v) is 3.44. The van der Waals surface area contributed by atoms with Gasteiger partial charge in [-0.05, 0) is 26.0 Å². The Morgan fingerprint density at radius 1 is 1.45 bits per heavy atom. The second-order valence-electron chi connectivity index (χ2n) is 5.46. The van der Waals surface area contributed by atoms with Gasteiger partial charge in [0.25, 0.3) is 0 Å². The van der Waals surface area contributed by atoms with Crippen molar-refractivity contribution < 1.29 is 14.3 Å². The van der Waals surface area contributed by atoms with Gasteiger partial charge in [-0.1, -0.05) is 13.8 Å². The zero-order valence-electron chi connectivity index (χ0n) is 12.3. The summed E-state index contributed by atoms with van der Waals surface area (Å²) in [5.74, 6) is 0.325. The van der Waals surface area contributed by atoms with E-state index < -0.39 is 0 Å². The van der Waals surface area contributed by atoms with Crippen LogP contribution >= 0.6 is 0 Å². The topological polar surface area (TPSA) is 60.5 Å². The van der Waals surface area contributed by atoms with E-state index in [1.807, 2.05) is 33.0 Å². The molecule has 1 aliphatic carbocycles. The summed E-state index contributed by atoms with van der Waals surface area (Å²) in [5.41, 5.74) is 0.869. The van der Waals surface area contributed by atoms with Crippen LogP contribution in [0.15, 0.2) is 18.3 Å². The molecule has 0 radical (unpaired) electrons. The summed E-state index contributed by atoms with van der Waals surface area (Å²) >= 11 is 0. The Kier molecular flexibility index (Phi) is 4.95. The van der Waals surface area contributed by atoms with E-state index in [1.165, 1.54) is 0 Å². The first kappa shape index (κ1) is 14.8. The molecular weight excluding hydrogens is 256 g/mol. The normalized spacial score (nSPS) is 21.4. The number of carbonyl (C=O) groups is 1. The van der Waals surface area contributed by atoms with E-state index in [0.717, 1.165) is 18.4 Å². The van der Waals surface area contributed by atoms with Crippen LogP contribution < -0.4 is 10.1 Å². The van der Waals surface area contributed by atoms with E-state index >= 15 is 0 Å². The van der Waals surface area contributed by atoms with E-state index in [0.29, 0.717) is 11.9 Å². The van der Waals surface area contributed by atoms with Gasteiger partial charge in [-0.15, -0.1) is 0 Å². The lowest BCUT2D eigenvalue weighted by atomic mass is 9.89. The van der Waals surface area contributed by atoms with Crippen molar-refractivity contribution in [3.8, 4) is 5.88 Å². The van der Waals surface area contributed by atoms with Crippen molar-refractivity contribution in [1.82, 2.24) is 10.3 Å². The molecule has 5 nitrogen and oxygen atoms in total. The van der Waals surface area contributed by atoms with Crippen molar-refractivity contribution >= 4 is 5.97 Å². The number of nitrogens with one attached hydrogen (secondary N) is 1. The number of rotatable bonds is 6. The van der Waals surface area contributed by atoms with Gasteiger partial charge in [0.2, 0.25) is 5.88 Å². The maximum atomic E-state index is 11.4. The predicted molar refractivity (Wildman–Crippen MR) is 75.4 cm³/mol. The molecule has 2 rings (SSSR count). The minimum Gasteiger partial charge on any atom is -0.474 e. The highest BCUT2D eigenvalue weighted by molar-refractivity contribution is 5.71. The van der Waals surface area contributed by atoms with Crippen LogP contribution in [0.4, 0.5) is 0 Å². The van der Waals surface area contributed by atoms with Gasteiger partial charge in [0.05, 0.1) is 5.92 Å². The van der Waals surface area contributed by atoms with Crippen molar-refractivity contribution in [2.75, 3.05) is 7.05 Å². The fourth-order valence-electron chi connectivity index (χ4n) is 1.96. The predicted octanol–water partition coefficient (Wildman–Crippen LogP) is 1.91. The molecular formula is C15H22N2O3. The van der Waals surface area contributed by atoms with Crippen LogP contribution in [0.3, 0.4) is 0 Å². The molecule has 0 bridgehead atoms. The summed E-state index contributed by atoms with van der Waals surface area (Å²) in [7, 11) is 1.96. The van der Waals surface area contributed by atoms with Gasteiger partial charge in [-0.2, -0.15) is 0 Å². The maximum absolute atomic E-state index is 11.4. The number of carbonyl (C=O) groups excluding carboxylic acids is 1. The first-order chi connectivity index (χ1) is 9.58. The van der Waals surface area contributed by atoms with Crippen molar-refractivity contribution in [2.24, 2.45) is 5.92 Å². The van der Waals surface area contributed by atoms with Gasteiger partial charge in [-0.25, -0.2) is 4.98 Å². The molecule has 1 fully saturated rings. The summed E-state index contributed by atoms with van der Waals surface area (Å²) in [6.07, 6.45) is 3.99. The quantitative estimate of drug-likeness (QED) is 0.805. The molecule has 20 heavy (non-hydrogen) atoms. The largest absolute Gasteiger partial charge is 0.474 e. The fourth-order valence-corrected chi connectivity index (χ4v) is 1.96. The molecule has 0 aromatic carbocycles. The SMILES string of the molecule is CNC1CC(Oc2ccc(COC(=O)C(C)C)cn2)C1. The molecule has 5 heteroatoms. The number of hydrogen-bond acceptors (Lipinski definition) is 5. The van der Waals surface area contributed by atoms with Crippen LogP contribution in [0.1, 0.15) is 32.3 Å². The molecule has 1 N–H and O–H groups in total. The minimum absolute atomic E-state index is 0.107. The molecule has 0 aliphatic heterocycles. The summed E-state index contributed by atoms with van der Waals surface area (Å²) in [6.45, 7) is 3.89. The molecule has 1 heterocycles. The van der Waals surface area contributed by atoms with Crippen LogP contribution in [0, 0.1) is 5.92 Å². The van der Waals surface area contributed by atoms with E-state index in [-0.39, 0.29) is 24.6 Å². The van der Waals surface area contributed by atoms with E-state index in [1.54, 1.807) is 6.20 Å². The number of nitrogens with zero attached hydrogens (tertiary/aromatic N) is 1. The van der Waals surface area contributed by atoms with Crippen molar-refractivity contribution in [1.29, 1.82) is 0 Å². The summed E-state index contributed by atoms with van der Waals surface area (Å²) < 4.78 is 10.9. The van der Waals surface area contributed by atoms with Gasteiger partial charge < -0.3 is 14.8 Å². The van der Waals surface area contributed by atoms with Gasteiger partial charge in [0.15, 0.2) is 0 Å². The lowest BCUT2D eigenvalue weighted by Gasteiger charge is -2.34. The number of aromatic nitrogens is 1. The lowest BCUT2D eigenvalue weighted by Crippen LogP contribution is -2.45. The van der Waals surface area contributed by atoms with Gasteiger partial charge in [0.1, 0.15) is 12.7 Å². The highest BCUT2D eigenvalue weighted by Crippen LogP contribution is 2.24. The summed E-state index contributed by atoms with van der Waals surface area (Å²) in [6, 6.07) is 4.27. The zero-order valence-corrected chi connectivity index (χ0v) is 12.3. The smallest absolute Gasteiger partial charge is 0.308 e. The van der Waals surface area contributed by atoms with E-state index in [9.17, 15) is 4.79 Å². The average Bonchev–Trinajstić information content (AvgIpc) is 2.40. The summed E-state index contributed by atoms with van der Waals surface area (Å²) in [4.78, 5) is 15.6. The van der Waals surface area contributed by atoms with Crippen LogP contribution in [-0.4, -0.2) is 30.1 Å². The Bertz CT molecular complexity index is 439. The minimum atomic E-state index is -0.196. The average molecular weight is 278 g/mol. The van der Waals surface area contributed by atoms with Crippen LogP contribution in [-0.2, 0) is 16.1 Å². The molecule has 0 unspecified atom stereocenters. The molecule has 0 atom stereocenters. The highest BCUT2D eigenvalue weighted by atomic mass is 16.5. The molecule has 1 aromatic heterocycles. The van der Waals surface area contributed by atoms with Crippen molar-refractivity contribution in [3.05, 3.63) is 23.9 Å². The molecule has 1 saturated carbocycles. The Morgan fingerprint density at radius 3 is 2.75 bits per heavy atom. The Morgan fingerprint density at radius 2 is 2.20 bits per heavy atom. The fraction of sp³-hybridized carbons (Fsp3) is 0.600. The highest BCUT2D eigenvalue weighted by Gasteiger charge is 2.29. The monoisotopic (exact) mass is 278 g/mol. The third kappa shape index (κ3) is 3.93. The number of pyridine rings is 1. The molecule has 110 valence electrons. The number of ether oxygens (including phenoxy) is 2. The first-order valence-electron chi connectivity index (χ1n) is 7.04. The molecule has 0 amide bonds. The van der Waals surface area contributed by atoms with Crippen LogP contribution in [0.25, 0.3) is 0 Å². The lowest BCUT2D eigenvalue weighted by molar-refractivity contribution is -0.148. The first-order valence-corrected chi connectivity index (χ1v) is 7.04. The standard InChI is InChI=1S/C15H22N2O3/c1-10(2)15(18)19-9-11-4-5-14(17-8-11)20-13-6-12(7-13)16-3/h4-5,8,10,12-13,16H,6-7,9H2,1-3H3. The van der Waals surface area contributed by atoms with Gasteiger partial charge in [0, 0.05) is 23.9 Å². The van der Waals surface area contributed by atoms with Crippen molar-refractivity contribution in [2.45, 2.75) is 45.4 Å². The molecule has 1 aliphatic rings. The molecule has 0 saturated heterocycles. The van der Waals surface area contributed by atoms with Gasteiger partial charge >= 0.3 is 5.97 Å².